The van der Waals surface area contributed by atoms with Crippen molar-refractivity contribution < 1.29 is 9.47 Å². The predicted octanol–water partition coefficient (Wildman–Crippen LogP) is 3.14. The zero-order valence-corrected chi connectivity index (χ0v) is 12.7. The number of benzene rings is 1. The van der Waals surface area contributed by atoms with Crippen molar-refractivity contribution in [3.8, 4) is 5.75 Å². The van der Waals surface area contributed by atoms with E-state index in [2.05, 4.69) is 22.9 Å². The second kappa shape index (κ2) is 8.51. The fraction of sp³-hybridized carbons (Fsp3) is 0.571. The lowest BCUT2D eigenvalue weighted by molar-refractivity contribution is 0.110. The van der Waals surface area contributed by atoms with Crippen LogP contribution in [0.15, 0.2) is 22.7 Å². The summed E-state index contributed by atoms with van der Waals surface area (Å²) < 4.78 is 12.0. The van der Waals surface area contributed by atoms with Gasteiger partial charge in [0, 0.05) is 17.1 Å². The maximum Gasteiger partial charge on any atom is 0.119 e. The quantitative estimate of drug-likeness (QED) is 0.749. The molecule has 0 amide bonds. The summed E-state index contributed by atoms with van der Waals surface area (Å²) in [4.78, 5) is 0. The molecule has 1 aromatic carbocycles. The topological polar surface area (TPSA) is 44.5 Å². The molecule has 0 heterocycles. The molecule has 1 unspecified atom stereocenters. The Hall–Kier alpha value is -0.580. The van der Waals surface area contributed by atoms with Crippen molar-refractivity contribution in [2.45, 2.75) is 32.7 Å². The van der Waals surface area contributed by atoms with E-state index >= 15 is 0 Å². The molecule has 18 heavy (non-hydrogen) atoms. The Kier molecular flexibility index (Phi) is 7.32. The van der Waals surface area contributed by atoms with Crippen LogP contribution >= 0.6 is 15.9 Å². The molecule has 3 nitrogen and oxygen atoms in total. The molecule has 0 spiro atoms. The molecule has 1 atom stereocenters. The lowest BCUT2D eigenvalue weighted by Gasteiger charge is -2.13. The highest BCUT2D eigenvalue weighted by atomic mass is 79.9. The third-order valence-corrected chi connectivity index (χ3v) is 3.50. The minimum atomic E-state index is 0.194. The van der Waals surface area contributed by atoms with Crippen molar-refractivity contribution in [1.82, 2.24) is 0 Å². The monoisotopic (exact) mass is 315 g/mol. The molecule has 2 N–H and O–H groups in total. The van der Waals surface area contributed by atoms with Crippen molar-refractivity contribution in [1.29, 1.82) is 0 Å². The minimum absolute atomic E-state index is 0.194. The van der Waals surface area contributed by atoms with E-state index < -0.39 is 0 Å². The summed E-state index contributed by atoms with van der Waals surface area (Å²) in [7, 11) is 0. The van der Waals surface area contributed by atoms with Gasteiger partial charge in [0.15, 0.2) is 0 Å². The van der Waals surface area contributed by atoms with E-state index in [-0.39, 0.29) is 6.04 Å². The number of rotatable bonds is 8. The normalized spacial score (nSPS) is 12.4. The Labute approximate surface area is 118 Å². The largest absolute Gasteiger partial charge is 0.491 e. The number of halogens is 1. The van der Waals surface area contributed by atoms with Crippen LogP contribution in [0, 0.1) is 0 Å². The molecule has 0 aliphatic heterocycles. The first kappa shape index (κ1) is 15.5. The zero-order valence-electron chi connectivity index (χ0n) is 11.1. The van der Waals surface area contributed by atoms with Crippen LogP contribution in [0.25, 0.3) is 0 Å². The number of ether oxygens (including phenoxy) is 2. The molecule has 1 rings (SSSR count). The van der Waals surface area contributed by atoms with Crippen LogP contribution in [-0.2, 0) is 11.2 Å². The van der Waals surface area contributed by atoms with Gasteiger partial charge in [0.1, 0.15) is 12.4 Å². The molecule has 0 radical (unpaired) electrons. The van der Waals surface area contributed by atoms with E-state index in [1.165, 1.54) is 5.56 Å². The van der Waals surface area contributed by atoms with Gasteiger partial charge in [-0.15, -0.1) is 0 Å². The van der Waals surface area contributed by atoms with Crippen LogP contribution in [0.3, 0.4) is 0 Å². The maximum absolute atomic E-state index is 5.98. The van der Waals surface area contributed by atoms with E-state index in [1.807, 2.05) is 25.1 Å². The first-order valence-electron chi connectivity index (χ1n) is 6.41. The van der Waals surface area contributed by atoms with Gasteiger partial charge in [-0.25, -0.2) is 0 Å². The van der Waals surface area contributed by atoms with Gasteiger partial charge in [0.25, 0.3) is 0 Å². The average Bonchev–Trinajstić information content (AvgIpc) is 2.38. The van der Waals surface area contributed by atoms with E-state index in [9.17, 15) is 0 Å². The average molecular weight is 316 g/mol. The van der Waals surface area contributed by atoms with Crippen LogP contribution in [-0.4, -0.2) is 25.9 Å². The van der Waals surface area contributed by atoms with Gasteiger partial charge in [-0.2, -0.15) is 0 Å². The lowest BCUT2D eigenvalue weighted by Crippen LogP contribution is -2.21. The number of hydrogen-bond acceptors (Lipinski definition) is 3. The minimum Gasteiger partial charge on any atom is -0.491 e. The molecule has 1 aromatic rings. The van der Waals surface area contributed by atoms with Crippen LogP contribution < -0.4 is 10.5 Å². The summed E-state index contributed by atoms with van der Waals surface area (Å²) in [6.45, 7) is 6.00. The molecule has 0 saturated heterocycles. The smallest absolute Gasteiger partial charge is 0.119 e. The first-order chi connectivity index (χ1) is 8.67. The van der Waals surface area contributed by atoms with Crippen molar-refractivity contribution >= 4 is 15.9 Å². The molecule has 0 bridgehead atoms. The second-order valence-electron chi connectivity index (χ2n) is 4.17. The first-order valence-corrected chi connectivity index (χ1v) is 7.21. The maximum atomic E-state index is 5.98. The van der Waals surface area contributed by atoms with Crippen LogP contribution in [0.5, 0.6) is 5.75 Å². The molecular formula is C14H22BrNO2. The van der Waals surface area contributed by atoms with Crippen molar-refractivity contribution in [3.05, 3.63) is 28.2 Å². The molecule has 0 aliphatic rings. The van der Waals surface area contributed by atoms with Gasteiger partial charge in [0.05, 0.1) is 6.61 Å². The summed E-state index contributed by atoms with van der Waals surface area (Å²) in [6.07, 6.45) is 1.83. The van der Waals surface area contributed by atoms with Gasteiger partial charge in [0.2, 0.25) is 0 Å². The molecule has 0 aromatic heterocycles. The van der Waals surface area contributed by atoms with Crippen LogP contribution in [0.4, 0.5) is 0 Å². The fourth-order valence-electron chi connectivity index (χ4n) is 1.59. The highest BCUT2D eigenvalue weighted by Crippen LogP contribution is 2.24. The van der Waals surface area contributed by atoms with E-state index in [0.29, 0.717) is 13.2 Å². The Morgan fingerprint density at radius 2 is 2.06 bits per heavy atom. The molecule has 0 fully saturated rings. The number of nitrogens with two attached hydrogens (primary N) is 1. The van der Waals surface area contributed by atoms with Gasteiger partial charge in [-0.05, 0) is 43.5 Å². The third-order valence-electron chi connectivity index (χ3n) is 2.72. The van der Waals surface area contributed by atoms with Gasteiger partial charge >= 0.3 is 0 Å². The summed E-state index contributed by atoms with van der Waals surface area (Å²) >= 11 is 3.55. The predicted molar refractivity (Wildman–Crippen MR) is 78.1 cm³/mol. The summed E-state index contributed by atoms with van der Waals surface area (Å²) in [5, 5.41) is 0. The summed E-state index contributed by atoms with van der Waals surface area (Å²) in [6, 6.07) is 6.20. The van der Waals surface area contributed by atoms with Crippen molar-refractivity contribution in [3.63, 3.8) is 0 Å². The highest BCUT2D eigenvalue weighted by molar-refractivity contribution is 9.10. The number of hydrogen-bond donors (Lipinski definition) is 1. The van der Waals surface area contributed by atoms with Crippen LogP contribution in [0.2, 0.25) is 0 Å². The molecule has 0 saturated carbocycles. The Morgan fingerprint density at radius 3 is 2.72 bits per heavy atom. The second-order valence-corrected chi connectivity index (χ2v) is 5.03. The lowest BCUT2D eigenvalue weighted by atomic mass is 10.0. The molecule has 4 heteroatoms. The van der Waals surface area contributed by atoms with Crippen LogP contribution in [0.1, 0.15) is 25.8 Å². The Bertz CT molecular complexity index is 358. The standard InChI is InChI=1S/C14H22BrNO2/c1-3-12(16)9-11-10-13(5-6-14(11)15)18-8-7-17-4-2/h5-6,10,12H,3-4,7-9,16H2,1-2H3. The van der Waals surface area contributed by atoms with E-state index in [0.717, 1.165) is 29.7 Å². The van der Waals surface area contributed by atoms with E-state index in [1.54, 1.807) is 0 Å². The Balaban J connectivity index is 2.57. The summed E-state index contributed by atoms with van der Waals surface area (Å²) in [5.74, 6) is 0.871. The third kappa shape index (κ3) is 5.38. The summed E-state index contributed by atoms with van der Waals surface area (Å²) in [5.41, 5.74) is 7.17. The zero-order chi connectivity index (χ0) is 13.4. The van der Waals surface area contributed by atoms with Gasteiger partial charge in [-0.1, -0.05) is 22.9 Å². The van der Waals surface area contributed by atoms with Crippen molar-refractivity contribution in [2.24, 2.45) is 5.73 Å². The highest BCUT2D eigenvalue weighted by Gasteiger charge is 2.07. The van der Waals surface area contributed by atoms with Gasteiger partial charge < -0.3 is 15.2 Å². The fourth-order valence-corrected chi connectivity index (χ4v) is 2.00. The molecule has 102 valence electrons. The SMILES string of the molecule is CCOCCOc1ccc(Br)c(CC(N)CC)c1. The van der Waals surface area contributed by atoms with Crippen molar-refractivity contribution in [2.75, 3.05) is 19.8 Å². The molecular weight excluding hydrogens is 294 g/mol. The molecule has 0 aliphatic carbocycles. The van der Waals surface area contributed by atoms with Gasteiger partial charge in [-0.3, -0.25) is 0 Å². The Morgan fingerprint density at radius 1 is 1.28 bits per heavy atom. The van der Waals surface area contributed by atoms with E-state index in [4.69, 9.17) is 15.2 Å².